The second-order valence-corrected chi connectivity index (χ2v) is 9.81. The third-order valence-electron chi connectivity index (χ3n) is 4.41. The largest absolute Gasteiger partial charge is 0.444 e. The van der Waals surface area contributed by atoms with Gasteiger partial charge in [0.15, 0.2) is 0 Å². The number of aliphatic hydroxyl groups excluding tert-OH is 2. The smallest absolute Gasteiger partial charge is 0.407 e. The molecule has 2 rings (SSSR count). The predicted molar refractivity (Wildman–Crippen MR) is 117 cm³/mol. The van der Waals surface area contributed by atoms with Crippen molar-refractivity contribution in [2.24, 2.45) is 5.41 Å². The Kier molecular flexibility index (Phi) is 7.66. The molecule has 7 nitrogen and oxygen atoms in total. The summed E-state index contributed by atoms with van der Waals surface area (Å²) in [5.74, 6) is 0.936. The number of aliphatic hydroxyl groups is 2. The van der Waals surface area contributed by atoms with Gasteiger partial charge in [-0.1, -0.05) is 45.0 Å². The molecule has 1 amide bonds. The highest BCUT2D eigenvalue weighted by atomic mass is 16.6. The van der Waals surface area contributed by atoms with Crippen molar-refractivity contribution >= 4 is 6.09 Å². The van der Waals surface area contributed by atoms with Gasteiger partial charge in [-0.3, -0.25) is 0 Å². The van der Waals surface area contributed by atoms with Crippen LogP contribution in [0.4, 0.5) is 4.79 Å². The minimum Gasteiger partial charge on any atom is -0.444 e. The number of H-pyrrole nitrogens is 1. The van der Waals surface area contributed by atoms with Gasteiger partial charge in [-0.25, -0.2) is 9.78 Å². The van der Waals surface area contributed by atoms with E-state index < -0.39 is 23.8 Å². The zero-order valence-corrected chi connectivity index (χ0v) is 18.8. The first-order chi connectivity index (χ1) is 13.9. The van der Waals surface area contributed by atoms with Crippen molar-refractivity contribution in [1.82, 2.24) is 15.3 Å². The summed E-state index contributed by atoms with van der Waals surface area (Å²) in [4.78, 5) is 19.9. The Morgan fingerprint density at radius 3 is 2.33 bits per heavy atom. The average molecular weight is 418 g/mol. The number of carbonyl (C=O) groups excluding carboxylic acids is 1. The fraction of sp³-hybridized carbons (Fsp3) is 0.565. The van der Waals surface area contributed by atoms with Crippen molar-refractivity contribution in [2.75, 3.05) is 6.61 Å². The van der Waals surface area contributed by atoms with E-state index in [0.29, 0.717) is 5.56 Å². The Hall–Kier alpha value is -2.38. The van der Waals surface area contributed by atoms with Crippen LogP contribution in [0.15, 0.2) is 30.5 Å². The second kappa shape index (κ2) is 9.62. The van der Waals surface area contributed by atoms with E-state index in [1.165, 1.54) is 0 Å². The molecule has 0 aliphatic carbocycles. The highest BCUT2D eigenvalue weighted by Gasteiger charge is 2.25. The highest BCUT2D eigenvalue weighted by Crippen LogP contribution is 2.25. The maximum atomic E-state index is 12.1. The number of alkyl carbamates (subject to hydrolysis) is 1. The maximum absolute atomic E-state index is 12.1. The highest BCUT2D eigenvalue weighted by molar-refractivity contribution is 5.68. The van der Waals surface area contributed by atoms with Gasteiger partial charge in [0.05, 0.1) is 24.0 Å². The Bertz CT molecular complexity index is 816. The Morgan fingerprint density at radius 1 is 1.17 bits per heavy atom. The third-order valence-corrected chi connectivity index (χ3v) is 4.41. The van der Waals surface area contributed by atoms with E-state index in [4.69, 9.17) is 4.74 Å². The maximum Gasteiger partial charge on any atom is 0.407 e. The average Bonchev–Trinajstić information content (AvgIpc) is 3.06. The van der Waals surface area contributed by atoms with Crippen LogP contribution in [0, 0.1) is 5.41 Å². The van der Waals surface area contributed by atoms with E-state index in [9.17, 15) is 15.0 Å². The molecule has 1 heterocycles. The number of aromatic amines is 1. The number of carbonyl (C=O) groups is 1. The first-order valence-electron chi connectivity index (χ1n) is 10.3. The van der Waals surface area contributed by atoms with Crippen LogP contribution in [-0.4, -0.2) is 44.5 Å². The SMILES string of the molecule is CC(C)(C)Cc1ncc(-c2ccc(C(O)C(CCO)NC(=O)OC(C)(C)C)cc2)[nH]1. The van der Waals surface area contributed by atoms with Crippen molar-refractivity contribution in [3.05, 3.63) is 41.9 Å². The lowest BCUT2D eigenvalue weighted by molar-refractivity contribution is 0.0397. The molecular formula is C23H35N3O4. The summed E-state index contributed by atoms with van der Waals surface area (Å²) in [5, 5.41) is 22.7. The van der Waals surface area contributed by atoms with Crippen molar-refractivity contribution in [3.63, 3.8) is 0 Å². The number of hydrogen-bond acceptors (Lipinski definition) is 5. The number of ether oxygens (including phenoxy) is 1. The first kappa shape index (κ1) is 23.9. The number of nitrogens with one attached hydrogen (secondary N) is 2. The van der Waals surface area contributed by atoms with E-state index in [1.54, 1.807) is 20.8 Å². The molecule has 0 saturated heterocycles. The molecule has 7 heteroatoms. The van der Waals surface area contributed by atoms with Crippen molar-refractivity contribution in [3.8, 4) is 11.3 Å². The number of hydrogen-bond donors (Lipinski definition) is 4. The van der Waals surface area contributed by atoms with Crippen LogP contribution in [0.25, 0.3) is 11.3 Å². The first-order valence-corrected chi connectivity index (χ1v) is 10.3. The molecule has 0 bridgehead atoms. The molecule has 0 aliphatic rings. The Labute approximate surface area is 178 Å². The number of benzene rings is 1. The molecule has 1 aromatic heterocycles. The number of imidazole rings is 1. The van der Waals surface area contributed by atoms with Gasteiger partial charge in [0, 0.05) is 13.0 Å². The van der Waals surface area contributed by atoms with Crippen LogP contribution in [0.5, 0.6) is 0 Å². The topological polar surface area (TPSA) is 107 Å². The van der Waals surface area contributed by atoms with Crippen LogP contribution in [0.3, 0.4) is 0 Å². The molecule has 0 radical (unpaired) electrons. The summed E-state index contributed by atoms with van der Waals surface area (Å²) in [6, 6.07) is 6.75. The van der Waals surface area contributed by atoms with Gasteiger partial charge >= 0.3 is 6.09 Å². The Morgan fingerprint density at radius 2 is 1.80 bits per heavy atom. The molecule has 2 aromatic rings. The molecule has 2 unspecified atom stereocenters. The minimum atomic E-state index is -0.975. The summed E-state index contributed by atoms with van der Waals surface area (Å²) < 4.78 is 5.26. The van der Waals surface area contributed by atoms with Gasteiger partial charge in [-0.2, -0.15) is 0 Å². The summed E-state index contributed by atoms with van der Waals surface area (Å²) in [5.41, 5.74) is 2.01. The molecule has 166 valence electrons. The summed E-state index contributed by atoms with van der Waals surface area (Å²) in [6.07, 6.45) is 1.27. The molecule has 0 saturated carbocycles. The van der Waals surface area contributed by atoms with Gasteiger partial charge in [0.25, 0.3) is 0 Å². The van der Waals surface area contributed by atoms with E-state index in [2.05, 4.69) is 36.1 Å². The quantitative estimate of drug-likeness (QED) is 0.545. The van der Waals surface area contributed by atoms with E-state index in [-0.39, 0.29) is 18.4 Å². The fourth-order valence-corrected chi connectivity index (χ4v) is 3.10. The van der Waals surface area contributed by atoms with Gasteiger partial charge in [-0.05, 0) is 43.7 Å². The van der Waals surface area contributed by atoms with Gasteiger partial charge in [0.2, 0.25) is 0 Å². The summed E-state index contributed by atoms with van der Waals surface area (Å²) in [7, 11) is 0. The van der Waals surface area contributed by atoms with Crippen LogP contribution in [-0.2, 0) is 11.2 Å². The van der Waals surface area contributed by atoms with Crippen molar-refractivity contribution < 1.29 is 19.7 Å². The number of amides is 1. The zero-order valence-electron chi connectivity index (χ0n) is 18.8. The van der Waals surface area contributed by atoms with E-state index >= 15 is 0 Å². The fourth-order valence-electron chi connectivity index (χ4n) is 3.10. The Balaban J connectivity index is 2.10. The predicted octanol–water partition coefficient (Wildman–Crippen LogP) is 3.97. The zero-order chi connectivity index (χ0) is 22.5. The van der Waals surface area contributed by atoms with Crippen LogP contribution in [0.1, 0.15) is 65.5 Å². The minimum absolute atomic E-state index is 0.145. The third kappa shape index (κ3) is 7.46. The lowest BCUT2D eigenvalue weighted by Gasteiger charge is -2.26. The molecule has 0 spiro atoms. The molecule has 30 heavy (non-hydrogen) atoms. The molecule has 0 fully saturated rings. The molecule has 0 aliphatic heterocycles. The number of rotatable bonds is 7. The summed E-state index contributed by atoms with van der Waals surface area (Å²) >= 11 is 0. The normalized spacial score (nSPS) is 14.3. The van der Waals surface area contributed by atoms with E-state index in [0.717, 1.165) is 23.5 Å². The van der Waals surface area contributed by atoms with Crippen LogP contribution < -0.4 is 5.32 Å². The monoisotopic (exact) mass is 417 g/mol. The van der Waals surface area contributed by atoms with Crippen molar-refractivity contribution in [2.45, 2.75) is 72.1 Å². The number of nitrogens with zero attached hydrogens (tertiary/aromatic N) is 1. The lowest BCUT2D eigenvalue weighted by atomic mass is 9.92. The lowest BCUT2D eigenvalue weighted by Crippen LogP contribution is -2.42. The van der Waals surface area contributed by atoms with Gasteiger partial charge < -0.3 is 25.3 Å². The second-order valence-electron chi connectivity index (χ2n) is 9.81. The standard InChI is InChI=1S/C23H35N3O4/c1-22(2,3)13-19-24-14-18(25-19)15-7-9-16(10-8-15)20(28)17(11-12-27)26-21(29)30-23(4,5)6/h7-10,14,17,20,27-28H,11-13H2,1-6H3,(H,24,25)(H,26,29). The van der Waals surface area contributed by atoms with Gasteiger partial charge in [-0.15, -0.1) is 0 Å². The molecule has 2 atom stereocenters. The molecule has 4 N–H and O–H groups in total. The van der Waals surface area contributed by atoms with E-state index in [1.807, 2.05) is 30.5 Å². The van der Waals surface area contributed by atoms with Crippen LogP contribution >= 0.6 is 0 Å². The van der Waals surface area contributed by atoms with Gasteiger partial charge in [0.1, 0.15) is 11.4 Å². The molecule has 1 aromatic carbocycles. The van der Waals surface area contributed by atoms with Crippen molar-refractivity contribution in [1.29, 1.82) is 0 Å². The number of aromatic nitrogens is 2. The summed E-state index contributed by atoms with van der Waals surface area (Å²) in [6.45, 7) is 11.6. The van der Waals surface area contributed by atoms with Crippen LogP contribution in [0.2, 0.25) is 0 Å². The molecular weight excluding hydrogens is 382 g/mol.